The third kappa shape index (κ3) is 2.89. The number of carbonyl (C=O) groups excluding carboxylic acids is 1. The van der Waals surface area contributed by atoms with Gasteiger partial charge in [-0.2, -0.15) is 0 Å². The second-order valence-electron chi connectivity index (χ2n) is 6.98. The molecule has 7 heteroatoms. The predicted octanol–water partition coefficient (Wildman–Crippen LogP) is 3.49. The van der Waals surface area contributed by atoms with Crippen LogP contribution in [0.2, 0.25) is 0 Å². The maximum atomic E-state index is 13.0. The number of anilines is 2. The fraction of sp³-hybridized carbons (Fsp3) is 0.316. The van der Waals surface area contributed by atoms with E-state index in [1.165, 1.54) is 0 Å². The molecule has 0 unspecified atom stereocenters. The van der Waals surface area contributed by atoms with Crippen molar-refractivity contribution in [3.05, 3.63) is 47.0 Å². The van der Waals surface area contributed by atoms with E-state index in [1.54, 1.807) is 34.9 Å². The second-order valence-corrected chi connectivity index (χ2v) is 10.1. The van der Waals surface area contributed by atoms with Gasteiger partial charge in [0, 0.05) is 27.9 Å². The molecule has 2 heterocycles. The zero-order valence-electron chi connectivity index (χ0n) is 14.9. The minimum absolute atomic E-state index is 0.0255. The average molecular weight is 389 g/mol. The van der Waals surface area contributed by atoms with Crippen LogP contribution in [0.25, 0.3) is 0 Å². The molecule has 0 aromatic heterocycles. The summed E-state index contributed by atoms with van der Waals surface area (Å²) < 4.78 is 28.7. The van der Waals surface area contributed by atoms with Crippen LogP contribution < -0.4 is 9.62 Å². The van der Waals surface area contributed by atoms with Crippen LogP contribution in [0.15, 0.2) is 40.1 Å². The quantitative estimate of drug-likeness (QED) is 0.874. The third-order valence-corrected chi connectivity index (χ3v) is 7.23. The molecule has 136 valence electrons. The molecule has 2 aromatic rings. The van der Waals surface area contributed by atoms with Crippen LogP contribution >= 0.6 is 11.8 Å². The van der Waals surface area contributed by atoms with Gasteiger partial charge in [-0.1, -0.05) is 13.0 Å². The fourth-order valence-electron chi connectivity index (χ4n) is 3.73. The number of benzene rings is 2. The average Bonchev–Trinajstić information content (AvgIpc) is 2.83. The van der Waals surface area contributed by atoms with E-state index >= 15 is 0 Å². The van der Waals surface area contributed by atoms with Crippen LogP contribution in [0.3, 0.4) is 0 Å². The van der Waals surface area contributed by atoms with Crippen molar-refractivity contribution in [1.29, 1.82) is 0 Å². The van der Waals surface area contributed by atoms with Crippen molar-refractivity contribution in [2.45, 2.75) is 42.2 Å². The van der Waals surface area contributed by atoms with Gasteiger partial charge in [0.1, 0.15) is 0 Å². The van der Waals surface area contributed by atoms with Crippen LogP contribution in [0.1, 0.15) is 23.6 Å². The van der Waals surface area contributed by atoms with E-state index < -0.39 is 10.0 Å². The van der Waals surface area contributed by atoms with E-state index in [4.69, 9.17) is 0 Å². The highest BCUT2D eigenvalue weighted by molar-refractivity contribution is 8.00. The first-order valence-corrected chi connectivity index (χ1v) is 10.8. The molecule has 0 bridgehead atoms. The van der Waals surface area contributed by atoms with Crippen molar-refractivity contribution in [1.82, 2.24) is 0 Å². The molecule has 0 fully saturated rings. The maximum absolute atomic E-state index is 13.0. The highest BCUT2D eigenvalue weighted by Gasteiger charge is 2.38. The molecule has 0 saturated carbocycles. The maximum Gasteiger partial charge on any atom is 0.262 e. The molecular weight excluding hydrogens is 368 g/mol. The Morgan fingerprint density at radius 3 is 2.54 bits per heavy atom. The number of nitrogens with zero attached hydrogens (tertiary/aromatic N) is 1. The summed E-state index contributed by atoms with van der Waals surface area (Å²) >= 11 is 1.69. The Hall–Kier alpha value is -1.99. The van der Waals surface area contributed by atoms with Gasteiger partial charge in [-0.15, -0.1) is 11.8 Å². The first-order valence-electron chi connectivity index (χ1n) is 8.48. The normalized spacial score (nSPS) is 18.8. The van der Waals surface area contributed by atoms with Crippen LogP contribution in [0, 0.1) is 13.8 Å². The summed E-state index contributed by atoms with van der Waals surface area (Å²) in [4.78, 5) is 15.3. The first-order chi connectivity index (χ1) is 12.2. The van der Waals surface area contributed by atoms with E-state index in [9.17, 15) is 13.2 Å². The molecule has 0 spiro atoms. The molecule has 26 heavy (non-hydrogen) atoms. The summed E-state index contributed by atoms with van der Waals surface area (Å²) in [5.41, 5.74) is 3.91. The Bertz CT molecular complexity index is 1010. The molecule has 4 rings (SSSR count). The second kappa shape index (κ2) is 6.03. The standard InChI is InChI=1S/C19H20N2O3S2/c1-11-6-12(2)8-14(7-11)20-26(23,24)17-5-4-16-19-15(17)9-18(22)21(19)10-13(3)25-16/h4-8,13,20H,9-10H2,1-3H3/t13-/m1/s1. The molecule has 2 aromatic carbocycles. The minimum atomic E-state index is -3.77. The number of amides is 1. The monoisotopic (exact) mass is 388 g/mol. The van der Waals surface area contributed by atoms with Crippen LogP contribution in [0.4, 0.5) is 11.4 Å². The summed E-state index contributed by atoms with van der Waals surface area (Å²) in [6.45, 7) is 6.55. The van der Waals surface area contributed by atoms with Gasteiger partial charge in [0.2, 0.25) is 5.91 Å². The van der Waals surface area contributed by atoms with E-state index in [-0.39, 0.29) is 17.2 Å². The molecule has 1 N–H and O–H groups in total. The number of thioether (sulfide) groups is 1. The number of hydrogen-bond acceptors (Lipinski definition) is 4. The van der Waals surface area contributed by atoms with Gasteiger partial charge >= 0.3 is 0 Å². The van der Waals surface area contributed by atoms with Crippen LogP contribution in [-0.2, 0) is 21.2 Å². The summed E-state index contributed by atoms with van der Waals surface area (Å²) in [6, 6.07) is 9.04. The number of sulfonamides is 1. The van der Waals surface area contributed by atoms with Gasteiger partial charge in [0.05, 0.1) is 17.0 Å². The summed E-state index contributed by atoms with van der Waals surface area (Å²) in [5.74, 6) is -0.0255. The highest BCUT2D eigenvalue weighted by Crippen LogP contribution is 2.46. The SMILES string of the molecule is Cc1cc(C)cc(NS(=O)(=O)c2ccc3c4c2CC(=O)N4C[C@@H](C)S3)c1. The Kier molecular flexibility index (Phi) is 4.04. The lowest BCUT2D eigenvalue weighted by molar-refractivity contribution is -0.117. The summed E-state index contributed by atoms with van der Waals surface area (Å²) in [6.07, 6.45) is 0.138. The van der Waals surface area contributed by atoms with Gasteiger partial charge in [0.25, 0.3) is 10.0 Å². The molecule has 2 aliphatic heterocycles. The molecule has 2 aliphatic rings. The topological polar surface area (TPSA) is 66.5 Å². The predicted molar refractivity (Wildman–Crippen MR) is 105 cm³/mol. The van der Waals surface area contributed by atoms with Gasteiger partial charge in [-0.3, -0.25) is 9.52 Å². The van der Waals surface area contributed by atoms with E-state index in [0.29, 0.717) is 23.0 Å². The Balaban J connectivity index is 1.78. The third-order valence-electron chi connectivity index (χ3n) is 4.63. The van der Waals surface area contributed by atoms with Crippen LogP contribution in [0.5, 0.6) is 0 Å². The fourth-order valence-corrected chi connectivity index (χ4v) is 6.16. The van der Waals surface area contributed by atoms with Gasteiger partial charge in [0.15, 0.2) is 0 Å². The molecular formula is C19H20N2O3S2. The molecule has 0 aliphatic carbocycles. The Labute approximate surface area is 157 Å². The van der Waals surface area contributed by atoms with Crippen molar-refractivity contribution in [2.75, 3.05) is 16.2 Å². The van der Waals surface area contributed by atoms with Crippen molar-refractivity contribution < 1.29 is 13.2 Å². The van der Waals surface area contributed by atoms with E-state index in [2.05, 4.69) is 11.6 Å². The molecule has 5 nitrogen and oxygen atoms in total. The zero-order chi connectivity index (χ0) is 18.6. The van der Waals surface area contributed by atoms with Gasteiger partial charge < -0.3 is 4.90 Å². The van der Waals surface area contributed by atoms with Gasteiger partial charge in [-0.05, 0) is 49.2 Å². The van der Waals surface area contributed by atoms with E-state index in [1.807, 2.05) is 26.0 Å². The largest absolute Gasteiger partial charge is 0.310 e. The Morgan fingerprint density at radius 2 is 1.85 bits per heavy atom. The Morgan fingerprint density at radius 1 is 1.15 bits per heavy atom. The molecule has 0 radical (unpaired) electrons. The highest BCUT2D eigenvalue weighted by atomic mass is 32.2. The lowest BCUT2D eigenvalue weighted by atomic mass is 10.1. The smallest absolute Gasteiger partial charge is 0.262 e. The summed E-state index contributed by atoms with van der Waals surface area (Å²) in [5, 5.41) is 0.299. The lowest BCUT2D eigenvalue weighted by Crippen LogP contribution is -2.35. The number of rotatable bonds is 3. The number of carbonyl (C=O) groups is 1. The summed E-state index contributed by atoms with van der Waals surface area (Å²) in [7, 11) is -3.77. The first kappa shape index (κ1) is 17.4. The van der Waals surface area contributed by atoms with Crippen LogP contribution in [-0.4, -0.2) is 26.1 Å². The molecule has 0 saturated heterocycles. The van der Waals surface area contributed by atoms with Crippen molar-refractivity contribution in [2.24, 2.45) is 0 Å². The van der Waals surface area contributed by atoms with Crippen molar-refractivity contribution in [3.63, 3.8) is 0 Å². The van der Waals surface area contributed by atoms with E-state index in [0.717, 1.165) is 21.7 Å². The molecule has 1 atom stereocenters. The van der Waals surface area contributed by atoms with Crippen molar-refractivity contribution in [3.8, 4) is 0 Å². The van der Waals surface area contributed by atoms with Crippen molar-refractivity contribution >= 4 is 39.1 Å². The zero-order valence-corrected chi connectivity index (χ0v) is 16.5. The minimum Gasteiger partial charge on any atom is -0.310 e. The lowest BCUT2D eigenvalue weighted by Gasteiger charge is -2.29. The van der Waals surface area contributed by atoms with Gasteiger partial charge in [-0.25, -0.2) is 8.42 Å². The number of hydrogen-bond donors (Lipinski definition) is 1. The molecule has 1 amide bonds. The number of aryl methyl sites for hydroxylation is 2. The number of nitrogens with one attached hydrogen (secondary N) is 1.